The Morgan fingerprint density at radius 1 is 1.09 bits per heavy atom. The second-order valence-electron chi connectivity index (χ2n) is 4.73. The quantitative estimate of drug-likeness (QED) is 0.391. The molecule has 126 valence electrons. The summed E-state index contributed by atoms with van der Waals surface area (Å²) in [7, 11) is -1.56. The lowest BCUT2D eigenvalue weighted by atomic mass is 10.2. The third-order valence-corrected chi connectivity index (χ3v) is 7.52. The zero-order chi connectivity index (χ0) is 16.4. The molecule has 0 heterocycles. The summed E-state index contributed by atoms with van der Waals surface area (Å²) >= 11 is 1.65. The van der Waals surface area contributed by atoms with Gasteiger partial charge in [-0.1, -0.05) is 25.5 Å². The predicted octanol–water partition coefficient (Wildman–Crippen LogP) is 5.49. The Labute approximate surface area is 138 Å². The average molecular weight is 346 g/mol. The summed E-state index contributed by atoms with van der Waals surface area (Å²) in [6, 6.07) is 7.64. The molecular weight excluding hydrogens is 319 g/mol. The first-order valence-electron chi connectivity index (χ1n) is 7.75. The minimum atomic E-state index is -3.19. The van der Waals surface area contributed by atoms with Crippen LogP contribution in [0.25, 0.3) is 0 Å². The monoisotopic (exact) mass is 346 g/mol. The van der Waals surface area contributed by atoms with Gasteiger partial charge in [-0.15, -0.1) is 11.8 Å². The van der Waals surface area contributed by atoms with Gasteiger partial charge in [0, 0.05) is 0 Å². The zero-order valence-electron chi connectivity index (χ0n) is 13.9. The normalized spacial score (nSPS) is 13.1. The maximum absolute atomic E-state index is 13.2. The van der Waals surface area contributed by atoms with Gasteiger partial charge in [0.2, 0.25) is 0 Å². The van der Waals surface area contributed by atoms with Crippen LogP contribution in [0.5, 0.6) is 5.75 Å². The molecule has 0 saturated carbocycles. The van der Waals surface area contributed by atoms with Gasteiger partial charge in [0.25, 0.3) is 0 Å². The Hall–Kier alpha value is -0.480. The SMILES string of the molecule is CCCCSC(c1ccc(OC)cc1)P(=O)(OCC)OCC. The molecule has 0 spiro atoms. The van der Waals surface area contributed by atoms with E-state index < -0.39 is 7.60 Å². The maximum Gasteiger partial charge on any atom is 0.347 e. The maximum atomic E-state index is 13.2. The first kappa shape index (κ1) is 19.6. The zero-order valence-corrected chi connectivity index (χ0v) is 15.6. The highest BCUT2D eigenvalue weighted by Crippen LogP contribution is 2.65. The molecule has 0 fully saturated rings. The molecule has 6 heteroatoms. The van der Waals surface area contributed by atoms with Crippen molar-refractivity contribution < 1.29 is 18.3 Å². The van der Waals surface area contributed by atoms with Crippen molar-refractivity contribution in [2.75, 3.05) is 26.1 Å². The van der Waals surface area contributed by atoms with Crippen LogP contribution in [0.1, 0.15) is 44.2 Å². The summed E-state index contributed by atoms with van der Waals surface area (Å²) in [5.74, 6) is 1.71. The van der Waals surface area contributed by atoms with E-state index in [1.807, 2.05) is 38.1 Å². The molecule has 1 rings (SSSR count). The topological polar surface area (TPSA) is 44.8 Å². The van der Waals surface area contributed by atoms with Gasteiger partial charge in [0.1, 0.15) is 10.7 Å². The van der Waals surface area contributed by atoms with E-state index in [0.717, 1.165) is 29.9 Å². The third kappa shape index (κ3) is 5.62. The molecule has 0 aliphatic carbocycles. The molecule has 0 aromatic heterocycles. The van der Waals surface area contributed by atoms with E-state index in [-0.39, 0.29) is 4.99 Å². The Balaban J connectivity index is 3.05. The summed E-state index contributed by atoms with van der Waals surface area (Å²) < 4.78 is 29.5. The van der Waals surface area contributed by atoms with Gasteiger partial charge in [-0.25, -0.2) is 0 Å². The van der Waals surface area contributed by atoms with E-state index in [2.05, 4.69) is 6.92 Å². The van der Waals surface area contributed by atoms with Crippen molar-refractivity contribution in [3.63, 3.8) is 0 Å². The molecular formula is C16H27O4PS. The van der Waals surface area contributed by atoms with Crippen LogP contribution in [-0.4, -0.2) is 26.1 Å². The number of benzene rings is 1. The van der Waals surface area contributed by atoms with E-state index in [4.69, 9.17) is 13.8 Å². The molecule has 0 aliphatic heterocycles. The van der Waals surface area contributed by atoms with Gasteiger partial charge in [0.05, 0.1) is 20.3 Å². The first-order valence-corrected chi connectivity index (χ1v) is 10.4. The fraction of sp³-hybridized carbons (Fsp3) is 0.625. The highest BCUT2D eigenvalue weighted by molar-refractivity contribution is 8.04. The summed E-state index contributed by atoms with van der Waals surface area (Å²) in [4.78, 5) is -0.301. The summed E-state index contributed by atoms with van der Waals surface area (Å²) in [5.41, 5.74) is 0.951. The van der Waals surface area contributed by atoms with E-state index >= 15 is 0 Å². The van der Waals surface area contributed by atoms with E-state index in [1.54, 1.807) is 18.9 Å². The van der Waals surface area contributed by atoms with Crippen LogP contribution in [0.2, 0.25) is 0 Å². The minimum absolute atomic E-state index is 0.301. The van der Waals surface area contributed by atoms with Crippen LogP contribution < -0.4 is 4.74 Å². The summed E-state index contributed by atoms with van der Waals surface area (Å²) in [5, 5.41) is 0. The van der Waals surface area contributed by atoms with Crippen LogP contribution in [0.3, 0.4) is 0 Å². The van der Waals surface area contributed by atoms with Crippen molar-refractivity contribution in [1.82, 2.24) is 0 Å². The Kier molecular flexibility index (Phi) is 9.18. The van der Waals surface area contributed by atoms with Gasteiger partial charge < -0.3 is 13.8 Å². The molecule has 0 bridgehead atoms. The van der Waals surface area contributed by atoms with Crippen LogP contribution in [-0.2, 0) is 13.6 Å². The number of hydrogen-bond acceptors (Lipinski definition) is 5. The van der Waals surface area contributed by atoms with Gasteiger partial charge in [-0.05, 0) is 43.7 Å². The van der Waals surface area contributed by atoms with Crippen LogP contribution in [0.15, 0.2) is 24.3 Å². The van der Waals surface area contributed by atoms with Crippen molar-refractivity contribution in [2.45, 2.75) is 38.6 Å². The lowest BCUT2D eigenvalue weighted by Gasteiger charge is -2.26. The van der Waals surface area contributed by atoms with Crippen molar-refractivity contribution in [3.05, 3.63) is 29.8 Å². The summed E-state index contributed by atoms with van der Waals surface area (Å²) in [6.45, 7) is 6.57. The molecule has 1 atom stereocenters. The predicted molar refractivity (Wildman–Crippen MR) is 94.0 cm³/mol. The highest BCUT2D eigenvalue weighted by Gasteiger charge is 2.37. The molecule has 1 aromatic carbocycles. The molecule has 0 amide bonds. The molecule has 0 radical (unpaired) electrons. The Morgan fingerprint density at radius 2 is 1.68 bits per heavy atom. The highest BCUT2D eigenvalue weighted by atomic mass is 32.2. The lowest BCUT2D eigenvalue weighted by molar-refractivity contribution is 0.218. The smallest absolute Gasteiger partial charge is 0.347 e. The van der Waals surface area contributed by atoms with Gasteiger partial charge in [0.15, 0.2) is 0 Å². The molecule has 0 N–H and O–H groups in total. The average Bonchev–Trinajstić information content (AvgIpc) is 2.52. The largest absolute Gasteiger partial charge is 0.497 e. The van der Waals surface area contributed by atoms with Crippen molar-refractivity contribution in [3.8, 4) is 5.75 Å². The number of methoxy groups -OCH3 is 1. The standard InChI is InChI=1S/C16H27O4PS/c1-5-8-13-22-16(21(17,19-6-2)20-7-3)14-9-11-15(18-4)12-10-14/h9-12,16H,5-8,13H2,1-4H3. The van der Waals surface area contributed by atoms with Crippen LogP contribution in [0, 0.1) is 0 Å². The molecule has 0 saturated heterocycles. The third-order valence-electron chi connectivity index (χ3n) is 3.08. The van der Waals surface area contributed by atoms with Crippen LogP contribution >= 0.6 is 19.4 Å². The number of thioether (sulfide) groups is 1. The molecule has 0 aliphatic rings. The van der Waals surface area contributed by atoms with E-state index in [1.165, 1.54) is 0 Å². The molecule has 1 aromatic rings. The van der Waals surface area contributed by atoms with Crippen LogP contribution in [0.4, 0.5) is 0 Å². The first-order chi connectivity index (χ1) is 10.6. The Morgan fingerprint density at radius 3 is 2.14 bits per heavy atom. The van der Waals surface area contributed by atoms with Crippen molar-refractivity contribution in [2.24, 2.45) is 0 Å². The second kappa shape index (κ2) is 10.3. The molecule has 4 nitrogen and oxygen atoms in total. The number of ether oxygens (including phenoxy) is 1. The second-order valence-corrected chi connectivity index (χ2v) is 8.40. The van der Waals surface area contributed by atoms with E-state index in [9.17, 15) is 4.57 Å². The fourth-order valence-corrected chi connectivity index (χ4v) is 6.05. The fourth-order valence-electron chi connectivity index (χ4n) is 2.01. The molecule has 22 heavy (non-hydrogen) atoms. The number of unbranched alkanes of at least 4 members (excludes halogenated alkanes) is 1. The van der Waals surface area contributed by atoms with Gasteiger partial charge in [-0.3, -0.25) is 4.57 Å². The number of rotatable bonds is 11. The Bertz CT molecular complexity index is 454. The van der Waals surface area contributed by atoms with Gasteiger partial charge in [-0.2, -0.15) is 0 Å². The lowest BCUT2D eigenvalue weighted by Crippen LogP contribution is -2.05. The number of hydrogen-bond donors (Lipinski definition) is 0. The summed E-state index contributed by atoms with van der Waals surface area (Å²) in [6.07, 6.45) is 2.19. The van der Waals surface area contributed by atoms with Crippen molar-refractivity contribution in [1.29, 1.82) is 0 Å². The van der Waals surface area contributed by atoms with Crippen molar-refractivity contribution >= 4 is 19.4 Å². The van der Waals surface area contributed by atoms with E-state index in [0.29, 0.717) is 13.2 Å². The molecule has 1 unspecified atom stereocenters. The van der Waals surface area contributed by atoms with Gasteiger partial charge >= 0.3 is 7.60 Å². The minimum Gasteiger partial charge on any atom is -0.497 e.